The van der Waals surface area contributed by atoms with Gasteiger partial charge in [-0.3, -0.25) is 14.5 Å². The maximum Gasteiger partial charge on any atom is 0.307 e. The normalized spacial score (nSPS) is 15.0. The fraction of sp³-hybridized carbons (Fsp3) is 0.579. The van der Waals surface area contributed by atoms with Crippen LogP contribution in [0.5, 0.6) is 0 Å². The molecule has 1 aromatic carbocycles. The second-order valence-corrected chi connectivity index (χ2v) is 6.29. The zero-order valence-corrected chi connectivity index (χ0v) is 15.2. The van der Waals surface area contributed by atoms with Gasteiger partial charge in [0.15, 0.2) is 0 Å². The average molecular weight is 348 g/mol. The summed E-state index contributed by atoms with van der Waals surface area (Å²) in [6.07, 6.45) is 1.09. The maximum absolute atomic E-state index is 12.8. The molecule has 0 N–H and O–H groups in total. The van der Waals surface area contributed by atoms with Gasteiger partial charge in [-0.1, -0.05) is 17.7 Å². The van der Waals surface area contributed by atoms with Crippen molar-refractivity contribution in [3.63, 3.8) is 0 Å². The predicted octanol–water partition coefficient (Wildman–Crippen LogP) is 1.72. The van der Waals surface area contributed by atoms with Crippen LogP contribution in [0.4, 0.5) is 0 Å². The van der Waals surface area contributed by atoms with E-state index in [0.29, 0.717) is 18.7 Å². The molecule has 0 radical (unpaired) electrons. The second kappa shape index (κ2) is 10.2. The molecule has 2 rings (SSSR count). The Hall–Kier alpha value is -1.92. The van der Waals surface area contributed by atoms with Crippen LogP contribution in [-0.4, -0.2) is 74.7 Å². The van der Waals surface area contributed by atoms with E-state index < -0.39 is 0 Å². The molecule has 0 atom stereocenters. The molecular formula is C19H28N2O4. The van der Waals surface area contributed by atoms with Gasteiger partial charge in [-0.15, -0.1) is 0 Å². The quantitative estimate of drug-likeness (QED) is 0.670. The highest BCUT2D eigenvalue weighted by atomic mass is 16.5. The summed E-state index contributed by atoms with van der Waals surface area (Å²) in [5, 5.41) is 0. The molecule has 138 valence electrons. The van der Waals surface area contributed by atoms with E-state index in [9.17, 15) is 9.59 Å². The topological polar surface area (TPSA) is 59.1 Å². The van der Waals surface area contributed by atoms with E-state index >= 15 is 0 Å². The zero-order chi connectivity index (χ0) is 18.1. The molecule has 1 aromatic rings. The Kier molecular flexibility index (Phi) is 7.88. The van der Waals surface area contributed by atoms with Crippen LogP contribution in [0.2, 0.25) is 0 Å². The SMILES string of the molecule is COC(=O)CCN(CCCN1CCOCC1)C(=O)c1ccc(C)cc1. The Morgan fingerprint density at radius 1 is 1.16 bits per heavy atom. The summed E-state index contributed by atoms with van der Waals surface area (Å²) >= 11 is 0. The molecule has 0 aromatic heterocycles. The monoisotopic (exact) mass is 348 g/mol. The molecular weight excluding hydrogens is 320 g/mol. The lowest BCUT2D eigenvalue weighted by Crippen LogP contribution is -2.39. The van der Waals surface area contributed by atoms with E-state index in [-0.39, 0.29) is 18.3 Å². The lowest BCUT2D eigenvalue weighted by Gasteiger charge is -2.28. The van der Waals surface area contributed by atoms with Crippen LogP contribution in [0.25, 0.3) is 0 Å². The van der Waals surface area contributed by atoms with Crippen LogP contribution in [-0.2, 0) is 14.3 Å². The van der Waals surface area contributed by atoms with Crippen molar-refractivity contribution in [2.24, 2.45) is 0 Å². The van der Waals surface area contributed by atoms with E-state index in [1.165, 1.54) is 7.11 Å². The molecule has 0 saturated carbocycles. The highest BCUT2D eigenvalue weighted by molar-refractivity contribution is 5.94. The number of amides is 1. The summed E-state index contributed by atoms with van der Waals surface area (Å²) in [5.74, 6) is -0.333. The van der Waals surface area contributed by atoms with Gasteiger partial charge in [0.05, 0.1) is 26.7 Å². The van der Waals surface area contributed by atoms with Crippen molar-refractivity contribution in [3.05, 3.63) is 35.4 Å². The van der Waals surface area contributed by atoms with Gasteiger partial charge in [0.1, 0.15) is 0 Å². The van der Waals surface area contributed by atoms with Crippen molar-refractivity contribution in [3.8, 4) is 0 Å². The smallest absolute Gasteiger partial charge is 0.307 e. The van der Waals surface area contributed by atoms with E-state index in [4.69, 9.17) is 9.47 Å². The van der Waals surface area contributed by atoms with Crippen LogP contribution in [0.1, 0.15) is 28.8 Å². The Morgan fingerprint density at radius 3 is 2.48 bits per heavy atom. The lowest BCUT2D eigenvalue weighted by atomic mass is 10.1. The first-order valence-electron chi connectivity index (χ1n) is 8.83. The maximum atomic E-state index is 12.8. The standard InChI is InChI=1S/C19H28N2O4/c1-16-4-6-17(7-5-16)19(23)21(11-8-18(22)24-2)10-3-9-20-12-14-25-15-13-20/h4-7H,3,8-15H2,1-2H3. The third kappa shape index (κ3) is 6.48. The molecule has 0 aliphatic carbocycles. The molecule has 1 heterocycles. The highest BCUT2D eigenvalue weighted by Crippen LogP contribution is 2.09. The fourth-order valence-electron chi connectivity index (χ4n) is 2.83. The van der Waals surface area contributed by atoms with Crippen molar-refractivity contribution < 1.29 is 19.1 Å². The van der Waals surface area contributed by atoms with Crippen LogP contribution < -0.4 is 0 Å². The molecule has 6 heteroatoms. The van der Waals surface area contributed by atoms with Crippen molar-refractivity contribution in [1.29, 1.82) is 0 Å². The number of carbonyl (C=O) groups excluding carboxylic acids is 2. The molecule has 6 nitrogen and oxygen atoms in total. The molecule has 0 spiro atoms. The summed E-state index contributed by atoms with van der Waals surface area (Å²) in [5.41, 5.74) is 1.77. The Labute approximate surface area is 149 Å². The number of rotatable bonds is 8. The molecule has 1 aliphatic heterocycles. The van der Waals surface area contributed by atoms with E-state index in [1.54, 1.807) is 4.90 Å². The molecule has 0 bridgehead atoms. The first-order chi connectivity index (χ1) is 12.1. The summed E-state index contributed by atoms with van der Waals surface area (Å²) in [6, 6.07) is 7.54. The van der Waals surface area contributed by atoms with Crippen LogP contribution >= 0.6 is 0 Å². The third-order valence-electron chi connectivity index (χ3n) is 4.41. The lowest BCUT2D eigenvalue weighted by molar-refractivity contribution is -0.140. The van der Waals surface area contributed by atoms with Gasteiger partial charge in [-0.05, 0) is 25.5 Å². The number of nitrogens with zero attached hydrogens (tertiary/aromatic N) is 2. The Bertz CT molecular complexity index is 553. The van der Waals surface area contributed by atoms with Crippen molar-refractivity contribution >= 4 is 11.9 Å². The highest BCUT2D eigenvalue weighted by Gasteiger charge is 2.18. The second-order valence-electron chi connectivity index (χ2n) is 6.29. The van der Waals surface area contributed by atoms with Crippen molar-refractivity contribution in [2.45, 2.75) is 19.8 Å². The van der Waals surface area contributed by atoms with Gasteiger partial charge < -0.3 is 14.4 Å². The number of hydrogen-bond acceptors (Lipinski definition) is 5. The number of carbonyl (C=O) groups is 2. The Morgan fingerprint density at radius 2 is 1.84 bits per heavy atom. The zero-order valence-electron chi connectivity index (χ0n) is 15.2. The van der Waals surface area contributed by atoms with Crippen LogP contribution in [0.15, 0.2) is 24.3 Å². The number of ether oxygens (including phenoxy) is 2. The van der Waals surface area contributed by atoms with Crippen LogP contribution in [0, 0.1) is 6.92 Å². The number of hydrogen-bond donors (Lipinski definition) is 0. The van der Waals surface area contributed by atoms with Gasteiger partial charge >= 0.3 is 5.97 Å². The Balaban J connectivity index is 1.92. The van der Waals surface area contributed by atoms with Gasteiger partial charge in [0, 0.05) is 38.3 Å². The van der Waals surface area contributed by atoms with Gasteiger partial charge in [0.2, 0.25) is 0 Å². The summed E-state index contributed by atoms with van der Waals surface area (Å²) in [7, 11) is 1.37. The van der Waals surface area contributed by atoms with Crippen molar-refractivity contribution in [1.82, 2.24) is 9.80 Å². The minimum Gasteiger partial charge on any atom is -0.469 e. The molecule has 1 fully saturated rings. The number of esters is 1. The average Bonchev–Trinajstić information content (AvgIpc) is 2.65. The minimum atomic E-state index is -0.296. The van der Waals surface area contributed by atoms with E-state index in [0.717, 1.165) is 44.8 Å². The number of benzene rings is 1. The number of aryl methyl sites for hydroxylation is 1. The number of morpholine rings is 1. The largest absolute Gasteiger partial charge is 0.469 e. The molecule has 1 aliphatic rings. The van der Waals surface area contributed by atoms with E-state index in [1.807, 2.05) is 31.2 Å². The van der Waals surface area contributed by atoms with Gasteiger partial charge in [-0.2, -0.15) is 0 Å². The van der Waals surface area contributed by atoms with E-state index in [2.05, 4.69) is 4.90 Å². The molecule has 25 heavy (non-hydrogen) atoms. The fourth-order valence-corrected chi connectivity index (χ4v) is 2.83. The minimum absolute atomic E-state index is 0.0362. The number of methoxy groups -OCH3 is 1. The third-order valence-corrected chi connectivity index (χ3v) is 4.41. The van der Waals surface area contributed by atoms with Gasteiger partial charge in [0.25, 0.3) is 5.91 Å². The molecule has 1 saturated heterocycles. The summed E-state index contributed by atoms with van der Waals surface area (Å²) < 4.78 is 10.1. The molecule has 1 amide bonds. The van der Waals surface area contributed by atoms with Crippen LogP contribution in [0.3, 0.4) is 0 Å². The summed E-state index contributed by atoms with van der Waals surface area (Å²) in [6.45, 7) is 7.35. The van der Waals surface area contributed by atoms with Gasteiger partial charge in [-0.25, -0.2) is 0 Å². The summed E-state index contributed by atoms with van der Waals surface area (Å²) in [4.78, 5) is 28.3. The predicted molar refractivity (Wildman–Crippen MR) is 95.6 cm³/mol. The first-order valence-corrected chi connectivity index (χ1v) is 8.83. The first kappa shape index (κ1) is 19.4. The van der Waals surface area contributed by atoms with Crippen molar-refractivity contribution in [2.75, 3.05) is 53.0 Å². The molecule has 0 unspecified atom stereocenters.